The third-order valence-corrected chi connectivity index (χ3v) is 6.07. The SMILES string of the molecule is CCCN(Cc1cc(=O)n2c(C)csc2n1)[C@@H](C)c1ccccc1Br. The molecule has 4 nitrogen and oxygen atoms in total. The highest BCUT2D eigenvalue weighted by molar-refractivity contribution is 9.10. The third kappa shape index (κ3) is 3.86. The van der Waals surface area contributed by atoms with E-state index in [0.29, 0.717) is 6.54 Å². The molecular formula is C19H22BrN3OS. The molecule has 0 fully saturated rings. The monoisotopic (exact) mass is 419 g/mol. The molecule has 2 aromatic heterocycles. The van der Waals surface area contributed by atoms with Crippen LogP contribution in [0, 0.1) is 6.92 Å². The van der Waals surface area contributed by atoms with Gasteiger partial charge in [0, 0.05) is 34.2 Å². The van der Waals surface area contributed by atoms with Gasteiger partial charge in [-0.3, -0.25) is 14.1 Å². The smallest absolute Gasteiger partial charge is 0.259 e. The molecule has 0 N–H and O–H groups in total. The van der Waals surface area contributed by atoms with Crippen LogP contribution < -0.4 is 5.56 Å². The predicted octanol–water partition coefficient (Wildman–Crippen LogP) is 4.80. The second kappa shape index (κ2) is 7.81. The fourth-order valence-electron chi connectivity index (χ4n) is 3.10. The van der Waals surface area contributed by atoms with Crippen molar-refractivity contribution in [2.45, 2.75) is 39.8 Å². The molecule has 0 unspecified atom stereocenters. The maximum absolute atomic E-state index is 12.4. The Kier molecular flexibility index (Phi) is 5.71. The van der Waals surface area contributed by atoms with E-state index in [4.69, 9.17) is 4.98 Å². The fourth-order valence-corrected chi connectivity index (χ4v) is 4.60. The number of halogens is 1. The van der Waals surface area contributed by atoms with Crippen LogP contribution in [0.1, 0.15) is 43.3 Å². The number of aromatic nitrogens is 2. The largest absolute Gasteiger partial charge is 0.291 e. The van der Waals surface area contributed by atoms with Crippen LogP contribution in [0.3, 0.4) is 0 Å². The summed E-state index contributed by atoms with van der Waals surface area (Å²) in [5.74, 6) is 0. The van der Waals surface area contributed by atoms with Crippen molar-refractivity contribution in [3.8, 4) is 0 Å². The topological polar surface area (TPSA) is 37.6 Å². The first-order chi connectivity index (χ1) is 12.0. The molecule has 1 atom stereocenters. The molecule has 0 saturated carbocycles. The van der Waals surface area contributed by atoms with Crippen LogP contribution in [0.2, 0.25) is 0 Å². The van der Waals surface area contributed by atoms with Crippen molar-refractivity contribution in [1.82, 2.24) is 14.3 Å². The summed E-state index contributed by atoms with van der Waals surface area (Å²) in [5, 5.41) is 1.97. The first-order valence-corrected chi connectivity index (χ1v) is 10.1. The number of benzene rings is 1. The Labute approximate surface area is 160 Å². The van der Waals surface area contributed by atoms with Crippen LogP contribution in [0.25, 0.3) is 4.96 Å². The minimum Gasteiger partial charge on any atom is -0.291 e. The summed E-state index contributed by atoms with van der Waals surface area (Å²) >= 11 is 5.17. The average molecular weight is 420 g/mol. The Bertz CT molecular complexity index is 934. The van der Waals surface area contributed by atoms with Crippen LogP contribution in [-0.2, 0) is 6.54 Å². The van der Waals surface area contributed by atoms with Gasteiger partial charge in [0.25, 0.3) is 5.56 Å². The van der Waals surface area contributed by atoms with Gasteiger partial charge in [0.05, 0.1) is 5.69 Å². The lowest BCUT2D eigenvalue weighted by Gasteiger charge is -2.29. The molecule has 0 radical (unpaired) electrons. The molecule has 3 aromatic rings. The first kappa shape index (κ1) is 18.3. The van der Waals surface area contributed by atoms with Crippen molar-refractivity contribution in [2.24, 2.45) is 0 Å². The zero-order chi connectivity index (χ0) is 18.0. The molecule has 0 amide bonds. The lowest BCUT2D eigenvalue weighted by Crippen LogP contribution is -2.29. The van der Waals surface area contributed by atoms with Crippen molar-refractivity contribution in [2.75, 3.05) is 6.54 Å². The molecule has 0 bridgehead atoms. The van der Waals surface area contributed by atoms with Gasteiger partial charge in [-0.2, -0.15) is 0 Å². The van der Waals surface area contributed by atoms with E-state index >= 15 is 0 Å². The van der Waals surface area contributed by atoms with Gasteiger partial charge in [-0.15, -0.1) is 11.3 Å². The van der Waals surface area contributed by atoms with Crippen LogP contribution in [-0.4, -0.2) is 20.8 Å². The minimum absolute atomic E-state index is 0.00347. The van der Waals surface area contributed by atoms with Crippen molar-refractivity contribution >= 4 is 32.2 Å². The molecule has 132 valence electrons. The highest BCUT2D eigenvalue weighted by atomic mass is 79.9. The maximum Gasteiger partial charge on any atom is 0.259 e. The van der Waals surface area contributed by atoms with E-state index in [0.717, 1.165) is 33.8 Å². The van der Waals surface area contributed by atoms with Gasteiger partial charge < -0.3 is 0 Å². The Morgan fingerprint density at radius 3 is 2.84 bits per heavy atom. The van der Waals surface area contributed by atoms with Gasteiger partial charge in [0.15, 0.2) is 4.96 Å². The summed E-state index contributed by atoms with van der Waals surface area (Å²) in [5.41, 5.74) is 3.03. The molecule has 6 heteroatoms. The number of rotatable bonds is 6. The Hall–Kier alpha value is -1.50. The van der Waals surface area contributed by atoms with E-state index in [1.165, 1.54) is 16.9 Å². The highest BCUT2D eigenvalue weighted by Crippen LogP contribution is 2.28. The van der Waals surface area contributed by atoms with E-state index in [9.17, 15) is 4.79 Å². The predicted molar refractivity (Wildman–Crippen MR) is 107 cm³/mol. The van der Waals surface area contributed by atoms with Gasteiger partial charge in [0.1, 0.15) is 0 Å². The lowest BCUT2D eigenvalue weighted by atomic mass is 10.1. The normalized spacial score (nSPS) is 12.8. The highest BCUT2D eigenvalue weighted by Gasteiger charge is 2.19. The van der Waals surface area contributed by atoms with Crippen LogP contribution >= 0.6 is 27.3 Å². The van der Waals surface area contributed by atoms with E-state index in [2.05, 4.69) is 52.9 Å². The van der Waals surface area contributed by atoms with Crippen molar-refractivity contribution in [1.29, 1.82) is 0 Å². The fraction of sp³-hybridized carbons (Fsp3) is 0.368. The number of aryl methyl sites for hydroxylation is 1. The number of hydrogen-bond acceptors (Lipinski definition) is 4. The molecule has 0 aliphatic carbocycles. The second-order valence-corrected chi connectivity index (χ2v) is 7.94. The van der Waals surface area contributed by atoms with Gasteiger partial charge >= 0.3 is 0 Å². The summed E-state index contributed by atoms with van der Waals surface area (Å²) in [7, 11) is 0. The quantitative estimate of drug-likeness (QED) is 0.575. The average Bonchev–Trinajstić information content (AvgIpc) is 2.96. The van der Waals surface area contributed by atoms with E-state index in [1.807, 2.05) is 18.4 Å². The van der Waals surface area contributed by atoms with Crippen LogP contribution in [0.5, 0.6) is 0 Å². The molecular weight excluding hydrogens is 398 g/mol. The maximum atomic E-state index is 12.4. The standard InChI is InChI=1S/C19H22BrN3OS/c1-4-9-22(14(3)16-7-5-6-8-17(16)20)11-15-10-18(24)23-13(2)12-25-19(23)21-15/h5-8,10,12,14H,4,9,11H2,1-3H3/t14-/m0/s1. The molecule has 1 aromatic carbocycles. The van der Waals surface area contributed by atoms with Crippen molar-refractivity contribution in [3.05, 3.63) is 67.5 Å². The summed E-state index contributed by atoms with van der Waals surface area (Å²) in [6, 6.07) is 10.2. The molecule has 0 spiro atoms. The van der Waals surface area contributed by atoms with Crippen LogP contribution in [0.15, 0.2) is 45.0 Å². The van der Waals surface area contributed by atoms with E-state index in [1.54, 1.807) is 10.5 Å². The zero-order valence-electron chi connectivity index (χ0n) is 14.7. The Morgan fingerprint density at radius 1 is 1.36 bits per heavy atom. The number of thiazole rings is 1. The second-order valence-electron chi connectivity index (χ2n) is 6.25. The van der Waals surface area contributed by atoms with Gasteiger partial charge in [-0.25, -0.2) is 4.98 Å². The van der Waals surface area contributed by atoms with E-state index < -0.39 is 0 Å². The third-order valence-electron chi connectivity index (χ3n) is 4.41. The molecule has 25 heavy (non-hydrogen) atoms. The number of nitrogens with zero attached hydrogens (tertiary/aromatic N) is 3. The van der Waals surface area contributed by atoms with Crippen molar-refractivity contribution < 1.29 is 0 Å². The summed E-state index contributed by atoms with van der Waals surface area (Å²) in [6.45, 7) is 7.93. The Morgan fingerprint density at radius 2 is 2.12 bits per heavy atom. The van der Waals surface area contributed by atoms with Crippen molar-refractivity contribution in [3.63, 3.8) is 0 Å². The summed E-state index contributed by atoms with van der Waals surface area (Å²) < 4.78 is 2.79. The molecule has 0 aliphatic heterocycles. The first-order valence-electron chi connectivity index (χ1n) is 8.46. The molecule has 0 saturated heterocycles. The minimum atomic E-state index is 0.00347. The molecule has 2 heterocycles. The summed E-state index contributed by atoms with van der Waals surface area (Å²) in [4.78, 5) is 20.3. The Balaban J connectivity index is 1.92. The lowest BCUT2D eigenvalue weighted by molar-refractivity contribution is 0.199. The summed E-state index contributed by atoms with van der Waals surface area (Å²) in [6.07, 6.45) is 1.05. The molecule has 0 aliphatic rings. The van der Waals surface area contributed by atoms with Gasteiger partial charge in [-0.05, 0) is 38.4 Å². The molecule has 3 rings (SSSR count). The van der Waals surface area contributed by atoms with Gasteiger partial charge in [0.2, 0.25) is 0 Å². The number of hydrogen-bond donors (Lipinski definition) is 0. The van der Waals surface area contributed by atoms with E-state index in [-0.39, 0.29) is 11.6 Å². The number of fused-ring (bicyclic) bond motifs is 1. The van der Waals surface area contributed by atoms with Gasteiger partial charge in [-0.1, -0.05) is 41.1 Å². The zero-order valence-corrected chi connectivity index (χ0v) is 17.1. The van der Waals surface area contributed by atoms with Crippen LogP contribution in [0.4, 0.5) is 0 Å².